The molecule has 4 N–H and O–H groups in total. The Labute approximate surface area is 135 Å². The molecule has 1 aromatic heterocycles. The van der Waals surface area contributed by atoms with Crippen LogP contribution in [-0.4, -0.2) is 77.4 Å². The molecular weight excluding hydrogens is 341 g/mol. The zero-order chi connectivity index (χ0) is 17.5. The number of hydrogen-bond acceptors (Lipinski definition) is 8. The monoisotopic (exact) mass is 358 g/mol. The first-order chi connectivity index (χ1) is 10.7. The summed E-state index contributed by atoms with van der Waals surface area (Å²) in [5, 5.41) is 19.7. The number of hydrogen-bond donors (Lipinski definition) is 3. The topological polar surface area (TPSA) is 109 Å². The number of nitrogens with zero attached hydrogens (tertiary/aromatic N) is 4. The Kier molecular flexibility index (Phi) is 7.68. The lowest BCUT2D eigenvalue weighted by Gasteiger charge is -2.20. The molecule has 0 saturated carbocycles. The molecule has 12 heteroatoms. The van der Waals surface area contributed by atoms with Crippen molar-refractivity contribution in [2.24, 2.45) is 0 Å². The second-order valence-electron chi connectivity index (χ2n) is 4.78. The van der Waals surface area contributed by atoms with Crippen molar-refractivity contribution in [3.05, 3.63) is 5.15 Å². The fourth-order valence-electron chi connectivity index (χ4n) is 1.57. The fourth-order valence-corrected chi connectivity index (χ4v) is 1.65. The van der Waals surface area contributed by atoms with E-state index in [-0.39, 0.29) is 23.5 Å². The third kappa shape index (κ3) is 8.69. The van der Waals surface area contributed by atoms with Crippen LogP contribution in [-0.2, 0) is 4.74 Å². The molecule has 1 unspecified atom stereocenters. The van der Waals surface area contributed by atoms with Gasteiger partial charge >= 0.3 is 6.18 Å². The molecule has 1 atom stereocenters. The minimum atomic E-state index is -4.40. The van der Waals surface area contributed by atoms with Crippen LogP contribution in [0.15, 0.2) is 0 Å². The number of ether oxygens (including phenoxy) is 1. The van der Waals surface area contributed by atoms with Gasteiger partial charge in [-0.1, -0.05) is 11.6 Å². The number of aromatic nitrogens is 3. The van der Waals surface area contributed by atoms with E-state index >= 15 is 0 Å². The molecule has 0 aliphatic heterocycles. The molecule has 0 bridgehead atoms. The lowest BCUT2D eigenvalue weighted by atomic mass is 10.3. The standard InChI is InChI=1S/C11H18ClF3N6O2/c1-21(4-7(22)5-23-6-11(13,14)15)3-2-17-10-18-9(16)8(12)19-20-10/h7,22H,2-6H2,1H3,(H3,16,17,18,20). The summed E-state index contributed by atoms with van der Waals surface area (Å²) in [5.41, 5.74) is 5.47. The van der Waals surface area contributed by atoms with Crippen molar-refractivity contribution in [2.75, 3.05) is 50.9 Å². The first-order valence-corrected chi connectivity index (χ1v) is 6.96. The van der Waals surface area contributed by atoms with E-state index in [0.717, 1.165) is 0 Å². The van der Waals surface area contributed by atoms with Crippen LogP contribution in [0.2, 0.25) is 5.15 Å². The normalized spacial score (nSPS) is 13.3. The van der Waals surface area contributed by atoms with E-state index < -0.39 is 25.5 Å². The van der Waals surface area contributed by atoms with Crippen molar-refractivity contribution in [3.63, 3.8) is 0 Å². The fraction of sp³-hybridized carbons (Fsp3) is 0.727. The van der Waals surface area contributed by atoms with E-state index in [1.54, 1.807) is 11.9 Å². The van der Waals surface area contributed by atoms with E-state index in [0.29, 0.717) is 13.1 Å². The average Bonchev–Trinajstić information content (AvgIpc) is 2.41. The van der Waals surface area contributed by atoms with Gasteiger partial charge in [0.1, 0.15) is 6.61 Å². The Morgan fingerprint density at radius 3 is 2.74 bits per heavy atom. The Bertz CT molecular complexity index is 493. The molecule has 8 nitrogen and oxygen atoms in total. The van der Waals surface area contributed by atoms with Crippen LogP contribution in [0.4, 0.5) is 24.9 Å². The highest BCUT2D eigenvalue weighted by atomic mass is 35.5. The van der Waals surface area contributed by atoms with Crippen molar-refractivity contribution in [1.82, 2.24) is 20.1 Å². The van der Waals surface area contributed by atoms with Crippen molar-refractivity contribution < 1.29 is 23.0 Å². The van der Waals surface area contributed by atoms with Crippen LogP contribution >= 0.6 is 11.6 Å². The highest BCUT2D eigenvalue weighted by Crippen LogP contribution is 2.14. The number of aliphatic hydroxyl groups is 1. The van der Waals surface area contributed by atoms with Crippen molar-refractivity contribution in [3.8, 4) is 0 Å². The highest BCUT2D eigenvalue weighted by Gasteiger charge is 2.27. The number of nitrogen functional groups attached to an aromatic ring is 1. The van der Waals surface area contributed by atoms with E-state index in [1.165, 1.54) is 0 Å². The molecular formula is C11H18ClF3N6O2. The summed E-state index contributed by atoms with van der Waals surface area (Å²) in [7, 11) is 1.70. The van der Waals surface area contributed by atoms with Gasteiger partial charge in [-0.05, 0) is 7.05 Å². The number of alkyl halides is 3. The second-order valence-corrected chi connectivity index (χ2v) is 5.14. The minimum absolute atomic E-state index is 0.00893. The average molecular weight is 359 g/mol. The van der Waals surface area contributed by atoms with Gasteiger partial charge in [0.25, 0.3) is 0 Å². The Hall–Kier alpha value is -1.43. The van der Waals surface area contributed by atoms with Gasteiger partial charge in [0.05, 0.1) is 12.7 Å². The summed E-state index contributed by atoms with van der Waals surface area (Å²) in [6, 6.07) is 0. The summed E-state index contributed by atoms with van der Waals surface area (Å²) >= 11 is 5.59. The van der Waals surface area contributed by atoms with Crippen LogP contribution in [0.3, 0.4) is 0 Å². The Morgan fingerprint density at radius 2 is 2.13 bits per heavy atom. The Balaban J connectivity index is 2.20. The zero-order valence-electron chi connectivity index (χ0n) is 12.3. The SMILES string of the molecule is CN(CCNc1nnc(Cl)c(N)n1)CC(O)COCC(F)(F)F. The number of halogens is 4. The molecule has 0 aliphatic carbocycles. The molecule has 0 aliphatic rings. The van der Waals surface area contributed by atoms with Gasteiger partial charge < -0.3 is 25.8 Å². The largest absolute Gasteiger partial charge is 0.411 e. The maximum atomic E-state index is 11.9. The summed E-state index contributed by atoms with van der Waals surface area (Å²) in [6.07, 6.45) is -5.42. The van der Waals surface area contributed by atoms with Crippen molar-refractivity contribution in [2.45, 2.75) is 12.3 Å². The molecule has 0 aromatic carbocycles. The minimum Gasteiger partial charge on any atom is -0.389 e. The van der Waals surface area contributed by atoms with Gasteiger partial charge in [-0.25, -0.2) is 0 Å². The number of anilines is 2. The quantitative estimate of drug-likeness (QED) is 0.581. The summed E-state index contributed by atoms with van der Waals surface area (Å²) < 4.78 is 40.1. The number of rotatable bonds is 9. The summed E-state index contributed by atoms with van der Waals surface area (Å²) in [5.74, 6) is 0.254. The van der Waals surface area contributed by atoms with E-state index in [2.05, 4.69) is 25.2 Å². The molecule has 1 heterocycles. The van der Waals surface area contributed by atoms with Crippen LogP contribution in [0.1, 0.15) is 0 Å². The van der Waals surface area contributed by atoms with Crippen molar-refractivity contribution >= 4 is 23.4 Å². The van der Waals surface area contributed by atoms with Gasteiger partial charge in [0.2, 0.25) is 5.95 Å². The molecule has 23 heavy (non-hydrogen) atoms. The van der Waals surface area contributed by atoms with Crippen LogP contribution in [0, 0.1) is 0 Å². The molecule has 0 amide bonds. The second kappa shape index (κ2) is 9.01. The zero-order valence-corrected chi connectivity index (χ0v) is 13.1. The smallest absolute Gasteiger partial charge is 0.389 e. The van der Waals surface area contributed by atoms with Gasteiger partial charge in [0.15, 0.2) is 11.0 Å². The summed E-state index contributed by atoms with van der Waals surface area (Å²) in [6.45, 7) is -0.727. The van der Waals surface area contributed by atoms with Gasteiger partial charge in [0, 0.05) is 19.6 Å². The summed E-state index contributed by atoms with van der Waals surface area (Å²) in [4.78, 5) is 5.57. The molecule has 0 radical (unpaired) electrons. The highest BCUT2D eigenvalue weighted by molar-refractivity contribution is 6.31. The molecule has 0 saturated heterocycles. The third-order valence-electron chi connectivity index (χ3n) is 2.55. The first-order valence-electron chi connectivity index (χ1n) is 6.58. The van der Waals surface area contributed by atoms with Crippen LogP contribution < -0.4 is 11.1 Å². The molecule has 132 valence electrons. The first kappa shape index (κ1) is 19.6. The van der Waals surface area contributed by atoms with Gasteiger partial charge in [-0.3, -0.25) is 0 Å². The molecule has 1 aromatic rings. The number of aliphatic hydroxyl groups excluding tert-OH is 1. The predicted molar refractivity (Wildman–Crippen MR) is 78.1 cm³/mol. The van der Waals surface area contributed by atoms with E-state index in [1.807, 2.05) is 0 Å². The number of nitrogens with two attached hydrogens (primary N) is 1. The van der Waals surface area contributed by atoms with Crippen molar-refractivity contribution in [1.29, 1.82) is 0 Å². The van der Waals surface area contributed by atoms with Crippen LogP contribution in [0.5, 0.6) is 0 Å². The number of nitrogens with one attached hydrogen (secondary N) is 1. The van der Waals surface area contributed by atoms with Gasteiger partial charge in [-0.15, -0.1) is 10.2 Å². The lowest BCUT2D eigenvalue weighted by Crippen LogP contribution is -2.35. The maximum Gasteiger partial charge on any atom is 0.411 e. The third-order valence-corrected chi connectivity index (χ3v) is 2.81. The van der Waals surface area contributed by atoms with E-state index in [9.17, 15) is 18.3 Å². The molecule has 1 rings (SSSR count). The van der Waals surface area contributed by atoms with E-state index in [4.69, 9.17) is 17.3 Å². The number of likely N-dealkylation sites (N-methyl/N-ethyl adjacent to an activating group) is 1. The van der Waals surface area contributed by atoms with Crippen LogP contribution in [0.25, 0.3) is 0 Å². The Morgan fingerprint density at radius 1 is 1.43 bits per heavy atom. The van der Waals surface area contributed by atoms with Gasteiger partial charge in [-0.2, -0.15) is 18.2 Å². The maximum absolute atomic E-state index is 11.9. The lowest BCUT2D eigenvalue weighted by molar-refractivity contribution is -0.179. The molecule has 0 spiro atoms. The predicted octanol–water partition coefficient (Wildman–Crippen LogP) is 0.391. The molecule has 0 fully saturated rings.